The third kappa shape index (κ3) is 6.18. The maximum absolute atomic E-state index is 12.0. The van der Waals surface area contributed by atoms with Crippen LogP contribution in [0.4, 0.5) is 0 Å². The fraction of sp³-hybridized carbons (Fsp3) is 0.632. The van der Waals surface area contributed by atoms with Gasteiger partial charge in [-0.1, -0.05) is 23.8 Å². The first-order valence-corrected chi connectivity index (χ1v) is 8.39. The number of hydrogen-bond donors (Lipinski definition) is 1. The number of rotatable bonds is 8. The first-order valence-electron chi connectivity index (χ1n) is 8.39. The molecule has 0 heterocycles. The number of nitrogens with zero attached hydrogens (tertiary/aromatic N) is 1. The summed E-state index contributed by atoms with van der Waals surface area (Å²) in [6.07, 6.45) is 1.38. The quantitative estimate of drug-likeness (QED) is 0.797. The predicted octanol–water partition coefficient (Wildman–Crippen LogP) is 3.47. The van der Waals surface area contributed by atoms with E-state index in [1.807, 2.05) is 0 Å². The smallest absolute Gasteiger partial charge is 0.220 e. The minimum Gasteiger partial charge on any atom is -0.355 e. The molecule has 0 fully saturated rings. The molecule has 0 saturated carbocycles. The standard InChI is InChI=1S/C19H32N2O/c1-14(2)21(15(3)4)12-11-20-19(22)10-9-18-8-7-16(5)13-17(18)6/h7-8,13-15H,9-12H2,1-6H3,(H,20,22). The highest BCUT2D eigenvalue weighted by atomic mass is 16.1. The third-order valence-electron chi connectivity index (χ3n) is 4.14. The minimum atomic E-state index is 0.146. The Morgan fingerprint density at radius 1 is 1.14 bits per heavy atom. The van der Waals surface area contributed by atoms with Crippen LogP contribution in [0.1, 0.15) is 50.8 Å². The Bertz CT molecular complexity index is 472. The molecule has 0 bridgehead atoms. The molecule has 0 spiro atoms. The molecule has 1 rings (SSSR count). The Hall–Kier alpha value is -1.35. The molecule has 0 radical (unpaired) electrons. The van der Waals surface area contributed by atoms with E-state index >= 15 is 0 Å². The van der Waals surface area contributed by atoms with Crippen molar-refractivity contribution in [1.29, 1.82) is 0 Å². The van der Waals surface area contributed by atoms with Crippen LogP contribution in [0.15, 0.2) is 18.2 Å². The van der Waals surface area contributed by atoms with Gasteiger partial charge in [0, 0.05) is 31.6 Å². The summed E-state index contributed by atoms with van der Waals surface area (Å²) in [7, 11) is 0. The molecular formula is C19H32N2O. The van der Waals surface area contributed by atoms with E-state index in [2.05, 4.69) is 70.0 Å². The zero-order chi connectivity index (χ0) is 16.7. The van der Waals surface area contributed by atoms with E-state index in [4.69, 9.17) is 0 Å². The van der Waals surface area contributed by atoms with Crippen molar-refractivity contribution >= 4 is 5.91 Å². The largest absolute Gasteiger partial charge is 0.355 e. The van der Waals surface area contributed by atoms with E-state index in [0.29, 0.717) is 18.5 Å². The summed E-state index contributed by atoms with van der Waals surface area (Å²) in [5, 5.41) is 3.04. The SMILES string of the molecule is Cc1ccc(CCC(=O)NCCN(C(C)C)C(C)C)c(C)c1. The monoisotopic (exact) mass is 304 g/mol. The molecule has 1 aromatic rings. The average molecular weight is 304 g/mol. The Labute approximate surface area is 136 Å². The lowest BCUT2D eigenvalue weighted by atomic mass is 10.0. The van der Waals surface area contributed by atoms with Gasteiger partial charge in [-0.15, -0.1) is 0 Å². The number of aryl methyl sites for hydroxylation is 3. The first-order chi connectivity index (χ1) is 10.3. The van der Waals surface area contributed by atoms with Crippen molar-refractivity contribution in [3.05, 3.63) is 34.9 Å². The van der Waals surface area contributed by atoms with E-state index in [-0.39, 0.29) is 5.91 Å². The number of benzene rings is 1. The van der Waals surface area contributed by atoms with Crippen molar-refractivity contribution in [2.75, 3.05) is 13.1 Å². The maximum atomic E-state index is 12.0. The molecule has 1 aromatic carbocycles. The van der Waals surface area contributed by atoms with Crippen LogP contribution >= 0.6 is 0 Å². The van der Waals surface area contributed by atoms with Crippen LogP contribution in [0.3, 0.4) is 0 Å². The third-order valence-corrected chi connectivity index (χ3v) is 4.14. The van der Waals surface area contributed by atoms with Gasteiger partial charge in [0.05, 0.1) is 0 Å². The van der Waals surface area contributed by atoms with Crippen LogP contribution in [0, 0.1) is 13.8 Å². The summed E-state index contributed by atoms with van der Waals surface area (Å²) in [6.45, 7) is 14.6. The molecule has 0 aliphatic heterocycles. The van der Waals surface area contributed by atoms with Gasteiger partial charge in [-0.3, -0.25) is 9.69 Å². The topological polar surface area (TPSA) is 32.3 Å². The molecule has 0 saturated heterocycles. The van der Waals surface area contributed by atoms with Crippen LogP contribution < -0.4 is 5.32 Å². The van der Waals surface area contributed by atoms with Crippen LogP contribution in [0.2, 0.25) is 0 Å². The molecule has 124 valence electrons. The fourth-order valence-electron chi connectivity index (χ4n) is 2.90. The number of amides is 1. The van der Waals surface area contributed by atoms with Crippen molar-refractivity contribution in [2.24, 2.45) is 0 Å². The van der Waals surface area contributed by atoms with Gasteiger partial charge in [0.2, 0.25) is 5.91 Å². The number of carbonyl (C=O) groups is 1. The molecule has 0 aliphatic rings. The second kappa shape index (κ2) is 8.94. The van der Waals surface area contributed by atoms with Gasteiger partial charge >= 0.3 is 0 Å². The molecule has 1 N–H and O–H groups in total. The van der Waals surface area contributed by atoms with Crippen molar-refractivity contribution < 1.29 is 4.79 Å². The Morgan fingerprint density at radius 2 is 1.77 bits per heavy atom. The lowest BCUT2D eigenvalue weighted by Crippen LogP contribution is -2.42. The van der Waals surface area contributed by atoms with E-state index in [0.717, 1.165) is 19.5 Å². The van der Waals surface area contributed by atoms with Gasteiger partial charge in [-0.25, -0.2) is 0 Å². The molecule has 1 amide bonds. The summed E-state index contributed by atoms with van der Waals surface area (Å²) in [4.78, 5) is 14.4. The molecule has 22 heavy (non-hydrogen) atoms. The lowest BCUT2D eigenvalue weighted by Gasteiger charge is -2.30. The molecule has 0 aliphatic carbocycles. The van der Waals surface area contributed by atoms with Crippen LogP contribution in [-0.4, -0.2) is 36.0 Å². The molecule has 3 heteroatoms. The van der Waals surface area contributed by atoms with E-state index < -0.39 is 0 Å². The zero-order valence-corrected chi connectivity index (χ0v) is 15.1. The molecular weight excluding hydrogens is 272 g/mol. The lowest BCUT2D eigenvalue weighted by molar-refractivity contribution is -0.121. The number of carbonyl (C=O) groups excluding carboxylic acids is 1. The normalized spacial score (nSPS) is 11.5. The number of hydrogen-bond acceptors (Lipinski definition) is 2. The zero-order valence-electron chi connectivity index (χ0n) is 15.1. The van der Waals surface area contributed by atoms with E-state index in [9.17, 15) is 4.79 Å². The predicted molar refractivity (Wildman–Crippen MR) is 94.2 cm³/mol. The van der Waals surface area contributed by atoms with Crippen molar-refractivity contribution in [1.82, 2.24) is 10.2 Å². The Morgan fingerprint density at radius 3 is 2.32 bits per heavy atom. The summed E-state index contributed by atoms with van der Waals surface area (Å²) in [6, 6.07) is 7.44. The summed E-state index contributed by atoms with van der Waals surface area (Å²) < 4.78 is 0. The molecule has 0 aromatic heterocycles. The minimum absolute atomic E-state index is 0.146. The highest BCUT2D eigenvalue weighted by molar-refractivity contribution is 5.76. The molecule has 0 atom stereocenters. The van der Waals surface area contributed by atoms with Crippen LogP contribution in [-0.2, 0) is 11.2 Å². The number of nitrogens with one attached hydrogen (secondary N) is 1. The first kappa shape index (κ1) is 18.7. The Kier molecular flexibility index (Phi) is 7.60. The van der Waals surface area contributed by atoms with Gasteiger partial charge in [0.25, 0.3) is 0 Å². The molecule has 3 nitrogen and oxygen atoms in total. The van der Waals surface area contributed by atoms with Crippen LogP contribution in [0.25, 0.3) is 0 Å². The molecule has 0 unspecified atom stereocenters. The van der Waals surface area contributed by atoms with Gasteiger partial charge in [-0.2, -0.15) is 0 Å². The average Bonchev–Trinajstić information content (AvgIpc) is 2.41. The highest BCUT2D eigenvalue weighted by Crippen LogP contribution is 2.12. The fourth-order valence-corrected chi connectivity index (χ4v) is 2.90. The van der Waals surface area contributed by atoms with Gasteiger partial charge < -0.3 is 5.32 Å². The van der Waals surface area contributed by atoms with Gasteiger partial charge in [-0.05, 0) is 59.1 Å². The highest BCUT2D eigenvalue weighted by Gasteiger charge is 2.13. The summed E-state index contributed by atoms with van der Waals surface area (Å²) in [5.41, 5.74) is 3.82. The van der Waals surface area contributed by atoms with Crippen LogP contribution in [0.5, 0.6) is 0 Å². The van der Waals surface area contributed by atoms with Crippen molar-refractivity contribution in [3.63, 3.8) is 0 Å². The van der Waals surface area contributed by atoms with Crippen molar-refractivity contribution in [3.8, 4) is 0 Å². The summed E-state index contributed by atoms with van der Waals surface area (Å²) >= 11 is 0. The summed E-state index contributed by atoms with van der Waals surface area (Å²) in [5.74, 6) is 0.146. The Balaban J connectivity index is 2.34. The second-order valence-corrected chi connectivity index (χ2v) is 6.71. The van der Waals surface area contributed by atoms with E-state index in [1.165, 1.54) is 16.7 Å². The maximum Gasteiger partial charge on any atom is 0.220 e. The van der Waals surface area contributed by atoms with Gasteiger partial charge in [0.1, 0.15) is 0 Å². The van der Waals surface area contributed by atoms with Gasteiger partial charge in [0.15, 0.2) is 0 Å². The second-order valence-electron chi connectivity index (χ2n) is 6.71. The van der Waals surface area contributed by atoms with E-state index in [1.54, 1.807) is 0 Å². The van der Waals surface area contributed by atoms with Crippen molar-refractivity contribution in [2.45, 2.75) is 66.5 Å².